The Bertz CT molecular complexity index is 603. The molecule has 1 amide bonds. The number of carbonyl (C=O) groups is 1. The summed E-state index contributed by atoms with van der Waals surface area (Å²) >= 11 is 3.25. The lowest BCUT2D eigenvalue weighted by Gasteiger charge is -2.08. The van der Waals surface area contributed by atoms with Crippen LogP contribution < -0.4 is 10.6 Å². The molecule has 0 aliphatic rings. The van der Waals surface area contributed by atoms with Crippen molar-refractivity contribution in [1.82, 2.24) is 9.97 Å². The van der Waals surface area contributed by atoms with Crippen molar-refractivity contribution in [2.45, 2.75) is 0 Å². The lowest BCUT2D eigenvalue weighted by molar-refractivity contribution is 0.102. The van der Waals surface area contributed by atoms with Crippen LogP contribution in [0.3, 0.4) is 0 Å². The minimum atomic E-state index is -0.460. The number of carbonyl (C=O) groups excluding carboxylic acids is 1. The molecule has 0 aliphatic heterocycles. The summed E-state index contributed by atoms with van der Waals surface area (Å²) in [6, 6.07) is 4.25. The zero-order chi connectivity index (χ0) is 13.8. The Morgan fingerprint density at radius 1 is 1.32 bits per heavy atom. The number of hydrogen-bond donors (Lipinski definition) is 2. The van der Waals surface area contributed by atoms with Crippen LogP contribution in [0.5, 0.6) is 0 Å². The van der Waals surface area contributed by atoms with Crippen LogP contribution in [-0.2, 0) is 0 Å². The molecule has 2 N–H and O–H groups in total. The zero-order valence-corrected chi connectivity index (χ0v) is 11.5. The van der Waals surface area contributed by atoms with E-state index in [1.54, 1.807) is 19.3 Å². The van der Waals surface area contributed by atoms with Gasteiger partial charge in [-0.25, -0.2) is 14.4 Å². The molecular formula is C12H10BrFN4O. The van der Waals surface area contributed by atoms with Crippen molar-refractivity contribution in [2.75, 3.05) is 17.7 Å². The Kier molecular flexibility index (Phi) is 4.06. The number of amides is 1. The molecule has 2 heterocycles. The number of hydrogen-bond acceptors (Lipinski definition) is 4. The molecule has 98 valence electrons. The van der Waals surface area contributed by atoms with Crippen LogP contribution in [0.1, 0.15) is 10.4 Å². The fourth-order valence-corrected chi connectivity index (χ4v) is 1.78. The molecule has 2 aromatic heterocycles. The molecule has 0 aliphatic carbocycles. The second kappa shape index (κ2) is 5.75. The summed E-state index contributed by atoms with van der Waals surface area (Å²) in [5.74, 6) is -0.119. The van der Waals surface area contributed by atoms with E-state index in [0.29, 0.717) is 15.9 Å². The summed E-state index contributed by atoms with van der Waals surface area (Å²) in [4.78, 5) is 19.9. The fourth-order valence-electron chi connectivity index (χ4n) is 1.44. The second-order valence-electron chi connectivity index (χ2n) is 3.62. The van der Waals surface area contributed by atoms with Gasteiger partial charge in [-0.2, -0.15) is 0 Å². The Morgan fingerprint density at radius 3 is 2.74 bits per heavy atom. The molecule has 7 heteroatoms. The zero-order valence-electron chi connectivity index (χ0n) is 9.95. The predicted molar refractivity (Wildman–Crippen MR) is 73.6 cm³/mol. The highest BCUT2D eigenvalue weighted by molar-refractivity contribution is 9.10. The Hall–Kier alpha value is -2.02. The van der Waals surface area contributed by atoms with Crippen molar-refractivity contribution in [2.24, 2.45) is 0 Å². The number of pyridine rings is 2. The standard InChI is InChI=1S/C12H10BrFN4O/c1-15-11-9(4-7(13)5-17-11)12(19)18-10-3-2-8(14)6-16-10/h2-6H,1H3,(H,15,17)(H,16,18,19). The first-order valence-electron chi connectivity index (χ1n) is 5.36. The minimum Gasteiger partial charge on any atom is -0.372 e. The van der Waals surface area contributed by atoms with Gasteiger partial charge in [0.05, 0.1) is 11.8 Å². The van der Waals surface area contributed by atoms with E-state index in [9.17, 15) is 9.18 Å². The van der Waals surface area contributed by atoms with Crippen LogP contribution in [0.2, 0.25) is 0 Å². The van der Waals surface area contributed by atoms with Gasteiger partial charge in [0.15, 0.2) is 0 Å². The molecule has 0 atom stereocenters. The number of anilines is 2. The van der Waals surface area contributed by atoms with E-state index in [-0.39, 0.29) is 11.7 Å². The van der Waals surface area contributed by atoms with Gasteiger partial charge in [-0.3, -0.25) is 4.79 Å². The van der Waals surface area contributed by atoms with Crippen molar-refractivity contribution in [3.63, 3.8) is 0 Å². The van der Waals surface area contributed by atoms with E-state index in [2.05, 4.69) is 36.5 Å². The van der Waals surface area contributed by atoms with Gasteiger partial charge in [0.2, 0.25) is 0 Å². The molecule has 0 unspecified atom stereocenters. The van der Waals surface area contributed by atoms with Crippen LogP contribution in [-0.4, -0.2) is 22.9 Å². The molecule has 0 aromatic carbocycles. The molecule has 5 nitrogen and oxygen atoms in total. The molecule has 0 saturated carbocycles. The van der Waals surface area contributed by atoms with Crippen LogP contribution in [0, 0.1) is 5.82 Å². The normalized spacial score (nSPS) is 10.1. The third-order valence-corrected chi connectivity index (χ3v) is 2.74. The SMILES string of the molecule is CNc1ncc(Br)cc1C(=O)Nc1ccc(F)cn1. The smallest absolute Gasteiger partial charge is 0.260 e. The maximum Gasteiger partial charge on any atom is 0.260 e. The van der Waals surface area contributed by atoms with Gasteiger partial charge in [-0.1, -0.05) is 0 Å². The van der Waals surface area contributed by atoms with Gasteiger partial charge in [0.1, 0.15) is 17.5 Å². The number of nitrogens with zero attached hydrogens (tertiary/aromatic N) is 2. The fraction of sp³-hybridized carbons (Fsp3) is 0.0833. The molecule has 2 aromatic rings. The maximum atomic E-state index is 12.7. The van der Waals surface area contributed by atoms with E-state index >= 15 is 0 Å². The third kappa shape index (κ3) is 3.25. The molecule has 19 heavy (non-hydrogen) atoms. The van der Waals surface area contributed by atoms with Crippen LogP contribution in [0.25, 0.3) is 0 Å². The quantitative estimate of drug-likeness (QED) is 0.910. The minimum absolute atomic E-state index is 0.272. The largest absolute Gasteiger partial charge is 0.372 e. The molecule has 0 saturated heterocycles. The highest BCUT2D eigenvalue weighted by atomic mass is 79.9. The van der Waals surface area contributed by atoms with Crippen LogP contribution in [0.4, 0.5) is 16.0 Å². The van der Waals surface area contributed by atoms with Crippen LogP contribution in [0.15, 0.2) is 35.1 Å². The number of nitrogens with one attached hydrogen (secondary N) is 2. The van der Waals surface area contributed by atoms with Crippen molar-refractivity contribution < 1.29 is 9.18 Å². The average Bonchev–Trinajstić information content (AvgIpc) is 2.41. The summed E-state index contributed by atoms with van der Waals surface area (Å²) in [6.07, 6.45) is 2.62. The Labute approximate surface area is 117 Å². The van der Waals surface area contributed by atoms with Crippen molar-refractivity contribution in [3.05, 3.63) is 46.4 Å². The highest BCUT2D eigenvalue weighted by Crippen LogP contribution is 2.18. The monoisotopic (exact) mass is 324 g/mol. The first kappa shape index (κ1) is 13.4. The first-order valence-corrected chi connectivity index (χ1v) is 6.15. The van der Waals surface area contributed by atoms with Gasteiger partial charge in [-0.05, 0) is 34.1 Å². The van der Waals surface area contributed by atoms with E-state index in [0.717, 1.165) is 6.20 Å². The second-order valence-corrected chi connectivity index (χ2v) is 4.53. The maximum absolute atomic E-state index is 12.7. The van der Waals surface area contributed by atoms with Crippen molar-refractivity contribution >= 4 is 33.5 Å². The lowest BCUT2D eigenvalue weighted by Crippen LogP contribution is -2.15. The Balaban J connectivity index is 2.24. The summed E-state index contributed by atoms with van der Waals surface area (Å²) < 4.78 is 13.4. The van der Waals surface area contributed by atoms with E-state index in [4.69, 9.17) is 0 Å². The first-order chi connectivity index (χ1) is 9.10. The molecular weight excluding hydrogens is 315 g/mol. The third-order valence-electron chi connectivity index (χ3n) is 2.30. The van der Waals surface area contributed by atoms with Gasteiger partial charge in [0, 0.05) is 17.7 Å². The summed E-state index contributed by atoms with van der Waals surface area (Å²) in [7, 11) is 1.67. The summed E-state index contributed by atoms with van der Waals surface area (Å²) in [5, 5.41) is 5.40. The molecule has 0 fully saturated rings. The van der Waals surface area contributed by atoms with Gasteiger partial charge < -0.3 is 10.6 Å². The summed E-state index contributed by atoms with van der Waals surface area (Å²) in [6.45, 7) is 0. The molecule has 0 radical (unpaired) electrons. The average molecular weight is 325 g/mol. The van der Waals surface area contributed by atoms with E-state index in [1.807, 2.05) is 0 Å². The van der Waals surface area contributed by atoms with Crippen molar-refractivity contribution in [3.8, 4) is 0 Å². The number of aromatic nitrogens is 2. The van der Waals surface area contributed by atoms with E-state index < -0.39 is 5.82 Å². The van der Waals surface area contributed by atoms with Gasteiger partial charge >= 0.3 is 0 Å². The van der Waals surface area contributed by atoms with Crippen molar-refractivity contribution in [1.29, 1.82) is 0 Å². The Morgan fingerprint density at radius 2 is 2.11 bits per heavy atom. The molecule has 0 spiro atoms. The molecule has 2 rings (SSSR count). The van der Waals surface area contributed by atoms with Gasteiger partial charge in [0.25, 0.3) is 5.91 Å². The summed E-state index contributed by atoms with van der Waals surface area (Å²) in [5.41, 5.74) is 0.364. The van der Waals surface area contributed by atoms with Gasteiger partial charge in [-0.15, -0.1) is 0 Å². The highest BCUT2D eigenvalue weighted by Gasteiger charge is 2.13. The molecule has 0 bridgehead atoms. The number of rotatable bonds is 3. The topological polar surface area (TPSA) is 66.9 Å². The lowest BCUT2D eigenvalue weighted by atomic mass is 10.2. The van der Waals surface area contributed by atoms with E-state index in [1.165, 1.54) is 12.1 Å². The van der Waals surface area contributed by atoms with Crippen LogP contribution >= 0.6 is 15.9 Å². The predicted octanol–water partition coefficient (Wildman–Crippen LogP) is 2.67. The number of halogens is 2.